The fourth-order valence-electron chi connectivity index (χ4n) is 3.87. The number of aliphatic carboxylic acids is 4. The minimum absolute atomic E-state index is 0.0829. The molecule has 12 heteroatoms. The van der Waals surface area contributed by atoms with E-state index in [1.54, 1.807) is 13.8 Å². The molecule has 3 atom stereocenters. The molecule has 0 radical (unpaired) electrons. The summed E-state index contributed by atoms with van der Waals surface area (Å²) in [6, 6.07) is -1.69. The summed E-state index contributed by atoms with van der Waals surface area (Å²) in [7, 11) is 0. The fraction of sp³-hybridized carbons (Fsp3) is 0.722. The van der Waals surface area contributed by atoms with Crippen LogP contribution in [0.3, 0.4) is 0 Å². The van der Waals surface area contributed by atoms with E-state index in [0.29, 0.717) is 6.42 Å². The number of carbonyl (C=O) groups excluding carboxylic acids is 1. The highest BCUT2D eigenvalue weighted by molar-refractivity contribution is 5.79. The lowest BCUT2D eigenvalue weighted by atomic mass is 9.80. The van der Waals surface area contributed by atoms with Crippen molar-refractivity contribution >= 4 is 29.8 Å². The van der Waals surface area contributed by atoms with Gasteiger partial charge in [-0.25, -0.2) is 0 Å². The summed E-state index contributed by atoms with van der Waals surface area (Å²) in [5, 5.41) is 39.6. The number of carbonyl (C=O) groups is 5. The zero-order valence-electron chi connectivity index (χ0n) is 17.0. The monoisotopic (exact) mass is 431 g/mol. The number of nitrogens with one attached hydrogen (secondary N) is 1. The molecule has 0 aromatic heterocycles. The Morgan fingerprint density at radius 3 is 1.53 bits per heavy atom. The first-order chi connectivity index (χ1) is 13.9. The maximum atomic E-state index is 12.5. The molecule has 170 valence electrons. The standard InChI is InChI=1S/C18H29N3O9/c1-10(2)19-18(30)11-3-4-12(20(6-14(22)23)7-15(24)25)13(5-11)21(8-16(26)27)9-17(28)29/h10-13H,3-9H2,1-2H3,(H,19,30)(H,22,23)(H,24,25)(H,26,27)(H,28,29). The quantitative estimate of drug-likeness (QED) is 0.255. The lowest BCUT2D eigenvalue weighted by Crippen LogP contribution is -2.59. The van der Waals surface area contributed by atoms with Crippen LogP contribution in [-0.4, -0.2) is 104 Å². The van der Waals surface area contributed by atoms with Gasteiger partial charge >= 0.3 is 23.9 Å². The van der Waals surface area contributed by atoms with Gasteiger partial charge in [-0.2, -0.15) is 0 Å². The van der Waals surface area contributed by atoms with Gasteiger partial charge in [-0.1, -0.05) is 0 Å². The van der Waals surface area contributed by atoms with Crippen molar-refractivity contribution in [1.82, 2.24) is 15.1 Å². The molecule has 0 aromatic carbocycles. The van der Waals surface area contributed by atoms with E-state index < -0.39 is 68.1 Å². The molecule has 0 heterocycles. The van der Waals surface area contributed by atoms with Crippen LogP contribution in [0.4, 0.5) is 0 Å². The Morgan fingerprint density at radius 1 is 0.767 bits per heavy atom. The molecular weight excluding hydrogens is 402 g/mol. The van der Waals surface area contributed by atoms with Gasteiger partial charge in [0.1, 0.15) is 0 Å². The molecule has 12 nitrogen and oxygen atoms in total. The van der Waals surface area contributed by atoms with Gasteiger partial charge in [-0.05, 0) is 33.1 Å². The summed E-state index contributed by atoms with van der Waals surface area (Å²) in [6.07, 6.45) is 0.639. The Labute approximate surface area is 173 Å². The highest BCUT2D eigenvalue weighted by Gasteiger charge is 2.41. The Balaban J connectivity index is 3.25. The van der Waals surface area contributed by atoms with Crippen molar-refractivity contribution in [2.45, 2.75) is 51.2 Å². The number of rotatable bonds is 12. The van der Waals surface area contributed by atoms with Crippen LogP contribution in [0.25, 0.3) is 0 Å². The predicted molar refractivity (Wildman–Crippen MR) is 102 cm³/mol. The van der Waals surface area contributed by atoms with E-state index in [2.05, 4.69) is 5.32 Å². The first-order valence-electron chi connectivity index (χ1n) is 9.56. The second-order valence-electron chi connectivity index (χ2n) is 7.69. The van der Waals surface area contributed by atoms with Crippen LogP contribution < -0.4 is 5.32 Å². The molecule has 0 aliphatic heterocycles. The highest BCUT2D eigenvalue weighted by Crippen LogP contribution is 2.32. The van der Waals surface area contributed by atoms with E-state index in [0.717, 1.165) is 4.90 Å². The summed E-state index contributed by atoms with van der Waals surface area (Å²) in [5.41, 5.74) is 0. The summed E-state index contributed by atoms with van der Waals surface area (Å²) < 4.78 is 0. The topological polar surface area (TPSA) is 185 Å². The molecule has 30 heavy (non-hydrogen) atoms. The number of amides is 1. The van der Waals surface area contributed by atoms with Crippen LogP contribution in [0, 0.1) is 5.92 Å². The smallest absolute Gasteiger partial charge is 0.317 e. The minimum Gasteiger partial charge on any atom is -0.480 e. The van der Waals surface area contributed by atoms with Crippen LogP contribution in [0.5, 0.6) is 0 Å². The number of hydrogen-bond acceptors (Lipinski definition) is 7. The Morgan fingerprint density at radius 2 is 1.17 bits per heavy atom. The molecule has 1 saturated carbocycles. The molecular formula is C18H29N3O9. The van der Waals surface area contributed by atoms with E-state index in [1.165, 1.54) is 4.90 Å². The van der Waals surface area contributed by atoms with Crippen LogP contribution in [0.1, 0.15) is 33.1 Å². The van der Waals surface area contributed by atoms with E-state index in [1.807, 2.05) is 0 Å². The highest BCUT2D eigenvalue weighted by atomic mass is 16.4. The molecule has 3 unspecified atom stereocenters. The van der Waals surface area contributed by atoms with Gasteiger partial charge in [-0.15, -0.1) is 0 Å². The number of carboxylic acid groups (broad SMARTS) is 4. The lowest BCUT2D eigenvalue weighted by Gasteiger charge is -2.45. The van der Waals surface area contributed by atoms with Crippen LogP contribution >= 0.6 is 0 Å². The largest absolute Gasteiger partial charge is 0.480 e. The maximum Gasteiger partial charge on any atom is 0.317 e. The predicted octanol–water partition coefficient (Wildman–Crippen LogP) is -1.01. The average molecular weight is 431 g/mol. The normalized spacial score (nSPS) is 21.6. The molecule has 1 rings (SSSR count). The Hall–Kier alpha value is -2.73. The Kier molecular flexibility index (Phi) is 9.66. The van der Waals surface area contributed by atoms with Crippen LogP contribution in [0.15, 0.2) is 0 Å². The van der Waals surface area contributed by atoms with Gasteiger partial charge in [0.15, 0.2) is 0 Å². The molecule has 1 aliphatic carbocycles. The summed E-state index contributed by atoms with van der Waals surface area (Å²) in [5.74, 6) is -5.90. The average Bonchev–Trinajstić information content (AvgIpc) is 2.57. The second kappa shape index (κ2) is 11.5. The van der Waals surface area contributed by atoms with Gasteiger partial charge in [0, 0.05) is 24.0 Å². The first kappa shape index (κ1) is 25.3. The van der Waals surface area contributed by atoms with Crippen molar-refractivity contribution < 1.29 is 44.4 Å². The Bertz CT molecular complexity index is 635. The third kappa shape index (κ3) is 8.33. The van der Waals surface area contributed by atoms with E-state index in [4.69, 9.17) is 0 Å². The summed E-state index contributed by atoms with van der Waals surface area (Å²) in [4.78, 5) is 60.0. The van der Waals surface area contributed by atoms with E-state index >= 15 is 0 Å². The molecule has 1 fully saturated rings. The molecule has 0 spiro atoms. The number of nitrogens with zero attached hydrogens (tertiary/aromatic N) is 2. The van der Waals surface area contributed by atoms with Gasteiger partial charge in [-0.3, -0.25) is 33.8 Å². The maximum absolute atomic E-state index is 12.5. The molecule has 5 N–H and O–H groups in total. The lowest BCUT2D eigenvalue weighted by molar-refractivity contribution is -0.150. The van der Waals surface area contributed by atoms with Crippen LogP contribution in [-0.2, 0) is 24.0 Å². The van der Waals surface area contributed by atoms with Crippen molar-refractivity contribution in [2.24, 2.45) is 5.92 Å². The van der Waals surface area contributed by atoms with Gasteiger partial charge in [0.2, 0.25) is 5.91 Å². The van der Waals surface area contributed by atoms with Crippen molar-refractivity contribution in [1.29, 1.82) is 0 Å². The summed E-state index contributed by atoms with van der Waals surface area (Å²) in [6.45, 7) is 1.07. The van der Waals surface area contributed by atoms with E-state index in [-0.39, 0.29) is 24.8 Å². The SMILES string of the molecule is CC(C)NC(=O)C1CCC(N(CC(=O)O)CC(=O)O)C(N(CC(=O)O)CC(=O)O)C1. The first-order valence-corrected chi connectivity index (χ1v) is 9.56. The second-order valence-corrected chi connectivity index (χ2v) is 7.69. The number of carboxylic acids is 4. The third-order valence-electron chi connectivity index (χ3n) is 4.87. The molecule has 1 aliphatic rings. The fourth-order valence-corrected chi connectivity index (χ4v) is 3.87. The molecule has 0 saturated heterocycles. The minimum atomic E-state index is -1.29. The van der Waals surface area contributed by atoms with Crippen molar-refractivity contribution in [3.63, 3.8) is 0 Å². The third-order valence-corrected chi connectivity index (χ3v) is 4.87. The number of hydrogen-bond donors (Lipinski definition) is 5. The zero-order valence-corrected chi connectivity index (χ0v) is 17.0. The summed E-state index contributed by atoms with van der Waals surface area (Å²) >= 11 is 0. The van der Waals surface area contributed by atoms with Gasteiger partial charge in [0.25, 0.3) is 0 Å². The van der Waals surface area contributed by atoms with Gasteiger partial charge < -0.3 is 25.7 Å². The van der Waals surface area contributed by atoms with Crippen molar-refractivity contribution in [3.8, 4) is 0 Å². The molecule has 0 bridgehead atoms. The van der Waals surface area contributed by atoms with E-state index in [9.17, 15) is 44.4 Å². The zero-order chi connectivity index (χ0) is 23.0. The molecule has 1 amide bonds. The molecule has 0 aromatic rings. The van der Waals surface area contributed by atoms with Gasteiger partial charge in [0.05, 0.1) is 26.2 Å². The van der Waals surface area contributed by atoms with Crippen molar-refractivity contribution in [3.05, 3.63) is 0 Å². The van der Waals surface area contributed by atoms with Crippen LogP contribution in [0.2, 0.25) is 0 Å². The van der Waals surface area contributed by atoms with Crippen molar-refractivity contribution in [2.75, 3.05) is 26.2 Å².